The first-order chi connectivity index (χ1) is 16.5. The zero-order valence-corrected chi connectivity index (χ0v) is 20.7. The minimum atomic E-state index is -4.44. The van der Waals surface area contributed by atoms with E-state index in [0.717, 1.165) is 17.6 Å². The fourth-order valence-corrected chi connectivity index (χ4v) is 4.03. The Kier molecular flexibility index (Phi) is 8.43. The van der Waals surface area contributed by atoms with Crippen LogP contribution in [0, 0.1) is 11.8 Å². The molecule has 9 heteroatoms. The predicted octanol–water partition coefficient (Wildman–Crippen LogP) is 5.90. The van der Waals surface area contributed by atoms with Crippen LogP contribution in [0.25, 0.3) is 11.0 Å². The van der Waals surface area contributed by atoms with E-state index in [1.54, 1.807) is 18.2 Å². The van der Waals surface area contributed by atoms with E-state index in [9.17, 15) is 18.0 Å². The molecule has 0 saturated heterocycles. The first-order valence-corrected chi connectivity index (χ1v) is 11.9. The van der Waals surface area contributed by atoms with Crippen LogP contribution in [0.3, 0.4) is 0 Å². The molecular formula is C26H34F3N5O. The Labute approximate surface area is 204 Å². The number of imidazole rings is 1. The van der Waals surface area contributed by atoms with Crippen LogP contribution in [0.1, 0.15) is 50.0 Å². The lowest BCUT2D eigenvalue weighted by Gasteiger charge is -2.26. The second-order valence-electron chi connectivity index (χ2n) is 9.63. The van der Waals surface area contributed by atoms with Gasteiger partial charge in [0, 0.05) is 30.9 Å². The third-order valence-corrected chi connectivity index (χ3v) is 5.49. The van der Waals surface area contributed by atoms with E-state index in [1.165, 1.54) is 6.07 Å². The van der Waals surface area contributed by atoms with Crippen molar-refractivity contribution in [1.29, 1.82) is 0 Å². The highest BCUT2D eigenvalue weighted by Gasteiger charge is 2.30. The van der Waals surface area contributed by atoms with Gasteiger partial charge in [0.25, 0.3) is 5.91 Å². The molecule has 0 atom stereocenters. The van der Waals surface area contributed by atoms with E-state index >= 15 is 0 Å². The summed E-state index contributed by atoms with van der Waals surface area (Å²) in [4.78, 5) is 19.8. The van der Waals surface area contributed by atoms with Crippen molar-refractivity contribution in [2.24, 2.45) is 17.6 Å². The van der Waals surface area contributed by atoms with Gasteiger partial charge >= 0.3 is 6.18 Å². The summed E-state index contributed by atoms with van der Waals surface area (Å²) in [5.41, 5.74) is 7.20. The quantitative estimate of drug-likeness (QED) is 0.372. The number of nitrogens with two attached hydrogens (primary N) is 1. The minimum absolute atomic E-state index is 0.0479. The van der Waals surface area contributed by atoms with Crippen LogP contribution in [0.4, 0.5) is 24.8 Å². The number of halogens is 3. The molecule has 1 heterocycles. The van der Waals surface area contributed by atoms with E-state index < -0.39 is 11.7 Å². The van der Waals surface area contributed by atoms with Crippen LogP contribution in [-0.2, 0) is 12.7 Å². The molecular weight excluding hydrogens is 455 g/mol. The number of hydrogen-bond donors (Lipinski definition) is 2. The van der Waals surface area contributed by atoms with Gasteiger partial charge < -0.3 is 20.5 Å². The van der Waals surface area contributed by atoms with Crippen molar-refractivity contribution in [3.05, 3.63) is 53.6 Å². The molecule has 1 aromatic heterocycles. The minimum Gasteiger partial charge on any atom is -0.338 e. The van der Waals surface area contributed by atoms with Gasteiger partial charge in [-0.3, -0.25) is 4.79 Å². The van der Waals surface area contributed by atoms with Crippen molar-refractivity contribution in [2.75, 3.05) is 25.0 Å². The molecule has 0 bridgehead atoms. The number of carbonyl (C=O) groups is 1. The van der Waals surface area contributed by atoms with Gasteiger partial charge in [-0.15, -0.1) is 0 Å². The number of hydrogen-bond acceptors (Lipinski definition) is 4. The van der Waals surface area contributed by atoms with Crippen LogP contribution in [0.15, 0.2) is 42.5 Å². The summed E-state index contributed by atoms with van der Waals surface area (Å²) < 4.78 is 41.4. The summed E-state index contributed by atoms with van der Waals surface area (Å²) in [5, 5.41) is 3.02. The Morgan fingerprint density at radius 2 is 1.77 bits per heavy atom. The maximum Gasteiger partial charge on any atom is 0.416 e. The second-order valence-corrected chi connectivity index (χ2v) is 9.63. The number of carbonyl (C=O) groups excluding carboxylic acids is 1. The molecule has 0 fully saturated rings. The lowest BCUT2D eigenvalue weighted by Crippen LogP contribution is -2.37. The molecule has 2 aromatic carbocycles. The molecule has 3 rings (SSSR count). The van der Waals surface area contributed by atoms with Crippen molar-refractivity contribution in [3.8, 4) is 0 Å². The number of aromatic nitrogens is 2. The molecule has 0 saturated carbocycles. The Balaban J connectivity index is 2.00. The highest BCUT2D eigenvalue weighted by atomic mass is 19.4. The van der Waals surface area contributed by atoms with Gasteiger partial charge in [-0.2, -0.15) is 13.2 Å². The number of benzene rings is 2. The summed E-state index contributed by atoms with van der Waals surface area (Å²) in [5.74, 6) is 1.02. The molecule has 0 spiro atoms. The summed E-state index contributed by atoms with van der Waals surface area (Å²) in [6.45, 7) is 10.6. The topological polar surface area (TPSA) is 76.2 Å². The summed E-state index contributed by atoms with van der Waals surface area (Å²) >= 11 is 0. The van der Waals surface area contributed by atoms with E-state index in [0.29, 0.717) is 61.5 Å². The maximum absolute atomic E-state index is 13.4. The van der Waals surface area contributed by atoms with E-state index in [1.807, 2.05) is 15.5 Å². The predicted molar refractivity (Wildman–Crippen MR) is 134 cm³/mol. The third-order valence-electron chi connectivity index (χ3n) is 5.49. The van der Waals surface area contributed by atoms with Gasteiger partial charge in [0.2, 0.25) is 5.95 Å². The number of nitrogens with one attached hydrogen (secondary N) is 1. The van der Waals surface area contributed by atoms with Gasteiger partial charge in [0.15, 0.2) is 0 Å². The van der Waals surface area contributed by atoms with Crippen molar-refractivity contribution in [3.63, 3.8) is 0 Å². The number of nitrogens with zero attached hydrogens (tertiary/aromatic N) is 3. The molecule has 3 N–H and O–H groups in total. The highest BCUT2D eigenvalue weighted by Crippen LogP contribution is 2.32. The molecule has 3 aromatic rings. The average Bonchev–Trinajstić information content (AvgIpc) is 3.11. The lowest BCUT2D eigenvalue weighted by atomic mass is 10.1. The van der Waals surface area contributed by atoms with E-state index in [2.05, 4.69) is 38.0 Å². The maximum atomic E-state index is 13.4. The van der Waals surface area contributed by atoms with Crippen molar-refractivity contribution < 1.29 is 18.0 Å². The fourth-order valence-electron chi connectivity index (χ4n) is 4.03. The first kappa shape index (κ1) is 26.5. The largest absolute Gasteiger partial charge is 0.416 e. The molecule has 0 radical (unpaired) electrons. The van der Waals surface area contributed by atoms with Gasteiger partial charge in [-0.1, -0.05) is 33.8 Å². The molecule has 0 unspecified atom stereocenters. The van der Waals surface area contributed by atoms with Crippen molar-refractivity contribution in [1.82, 2.24) is 14.5 Å². The molecule has 35 heavy (non-hydrogen) atoms. The number of amides is 1. The number of anilines is 2. The smallest absolute Gasteiger partial charge is 0.338 e. The van der Waals surface area contributed by atoms with Crippen LogP contribution in [-0.4, -0.2) is 40.0 Å². The average molecular weight is 490 g/mol. The number of aryl methyl sites for hydroxylation is 1. The molecule has 190 valence electrons. The summed E-state index contributed by atoms with van der Waals surface area (Å²) in [7, 11) is 0. The highest BCUT2D eigenvalue weighted by molar-refractivity contribution is 5.98. The normalized spacial score (nSPS) is 12.1. The first-order valence-electron chi connectivity index (χ1n) is 11.9. The van der Waals surface area contributed by atoms with Crippen molar-refractivity contribution in [2.45, 2.75) is 46.8 Å². The molecule has 6 nitrogen and oxygen atoms in total. The van der Waals surface area contributed by atoms with Crippen LogP contribution in [0.2, 0.25) is 0 Å². The third kappa shape index (κ3) is 6.75. The Hall–Kier alpha value is -3.07. The standard InChI is InChI=1S/C26H34F3N5O/c1-17(2)15-33(16-18(3)4)24(35)19-9-10-22-23(13-19)34(12-6-11-30)25(32-22)31-21-8-5-7-20(14-21)26(27,28)29/h5,7-10,13-14,17-18H,6,11-12,15-16,30H2,1-4H3,(H,31,32). The van der Waals surface area contributed by atoms with E-state index in [-0.39, 0.29) is 11.6 Å². The Morgan fingerprint density at radius 1 is 1.09 bits per heavy atom. The van der Waals surface area contributed by atoms with Crippen molar-refractivity contribution >= 4 is 28.6 Å². The van der Waals surface area contributed by atoms with Crippen LogP contribution in [0.5, 0.6) is 0 Å². The van der Waals surface area contributed by atoms with Crippen LogP contribution < -0.4 is 11.1 Å². The van der Waals surface area contributed by atoms with Gasteiger partial charge in [-0.05, 0) is 61.2 Å². The van der Waals surface area contributed by atoms with E-state index in [4.69, 9.17) is 5.73 Å². The van der Waals surface area contributed by atoms with Gasteiger partial charge in [-0.25, -0.2) is 4.98 Å². The monoisotopic (exact) mass is 489 g/mol. The number of rotatable bonds is 10. The van der Waals surface area contributed by atoms with Gasteiger partial charge in [0.05, 0.1) is 16.6 Å². The number of fused-ring (bicyclic) bond motifs is 1. The zero-order chi connectivity index (χ0) is 25.8. The molecule has 1 amide bonds. The lowest BCUT2D eigenvalue weighted by molar-refractivity contribution is -0.137. The van der Waals surface area contributed by atoms with Gasteiger partial charge in [0.1, 0.15) is 0 Å². The SMILES string of the molecule is CC(C)CN(CC(C)C)C(=O)c1ccc2nc(Nc3cccc(C(F)(F)F)c3)n(CCCN)c2c1. The molecule has 0 aliphatic heterocycles. The Morgan fingerprint density at radius 3 is 2.37 bits per heavy atom. The second kappa shape index (κ2) is 11.1. The summed E-state index contributed by atoms with van der Waals surface area (Å²) in [6.07, 6.45) is -3.79. The number of alkyl halides is 3. The van der Waals surface area contributed by atoms with Crippen LogP contribution >= 0.6 is 0 Å². The fraction of sp³-hybridized carbons (Fsp3) is 0.462. The summed E-state index contributed by atoms with van der Waals surface area (Å²) in [6, 6.07) is 10.3. The zero-order valence-electron chi connectivity index (χ0n) is 20.7. The molecule has 0 aliphatic carbocycles. The Bertz CT molecular complexity index is 1140. The molecule has 0 aliphatic rings.